The van der Waals surface area contributed by atoms with Gasteiger partial charge in [0.05, 0.1) is 0 Å². The van der Waals surface area contributed by atoms with Gasteiger partial charge in [0.15, 0.2) is 0 Å². The van der Waals surface area contributed by atoms with Crippen molar-refractivity contribution in [1.82, 2.24) is 10.2 Å². The third-order valence-corrected chi connectivity index (χ3v) is 3.84. The highest BCUT2D eigenvalue weighted by molar-refractivity contribution is 5.78. The Morgan fingerprint density at radius 1 is 1.28 bits per heavy atom. The van der Waals surface area contributed by atoms with E-state index >= 15 is 0 Å². The third-order valence-electron chi connectivity index (χ3n) is 3.84. The van der Waals surface area contributed by atoms with Crippen LogP contribution in [0.2, 0.25) is 0 Å². The number of rotatable bonds is 6. The molecule has 1 aliphatic rings. The van der Waals surface area contributed by atoms with Gasteiger partial charge in [-0.3, -0.25) is 9.69 Å². The summed E-state index contributed by atoms with van der Waals surface area (Å²) in [4.78, 5) is 14.3. The largest absolute Gasteiger partial charge is 0.355 e. The van der Waals surface area contributed by atoms with Crippen molar-refractivity contribution in [2.24, 2.45) is 11.7 Å². The first-order valence-corrected chi connectivity index (χ1v) is 7.20. The van der Waals surface area contributed by atoms with E-state index in [0.29, 0.717) is 12.1 Å². The lowest BCUT2D eigenvalue weighted by atomic mass is 10.1. The van der Waals surface area contributed by atoms with Crippen LogP contribution in [0.3, 0.4) is 0 Å². The smallest absolute Gasteiger partial charge is 0.223 e. The van der Waals surface area contributed by atoms with Gasteiger partial charge in [-0.15, -0.1) is 0 Å². The standard InChI is InChI=1S/C14H29N3O/c1-10(2)17(11(3)4)8-7-16-14(18)12-5-6-13(15)9-12/h10-13H,5-9,15H2,1-4H3,(H,16,18). The Morgan fingerprint density at radius 2 is 1.89 bits per heavy atom. The number of nitrogens with two attached hydrogens (primary N) is 1. The van der Waals surface area contributed by atoms with Crippen LogP contribution in [0.15, 0.2) is 0 Å². The van der Waals surface area contributed by atoms with Crippen LogP contribution >= 0.6 is 0 Å². The summed E-state index contributed by atoms with van der Waals surface area (Å²) in [5.41, 5.74) is 5.83. The van der Waals surface area contributed by atoms with E-state index < -0.39 is 0 Å². The summed E-state index contributed by atoms with van der Waals surface area (Å²) in [5.74, 6) is 0.335. The Kier molecular flexibility index (Phi) is 6.09. The molecule has 1 amide bonds. The van der Waals surface area contributed by atoms with Gasteiger partial charge in [0.25, 0.3) is 0 Å². The maximum atomic E-state index is 11.9. The molecule has 1 rings (SSSR count). The first-order chi connectivity index (χ1) is 8.41. The molecular formula is C14H29N3O. The molecule has 0 aromatic carbocycles. The number of carbonyl (C=O) groups is 1. The van der Waals surface area contributed by atoms with Crippen molar-refractivity contribution in [3.63, 3.8) is 0 Å². The summed E-state index contributed by atoms with van der Waals surface area (Å²) in [6.45, 7) is 10.4. The van der Waals surface area contributed by atoms with E-state index in [-0.39, 0.29) is 17.9 Å². The van der Waals surface area contributed by atoms with Gasteiger partial charge < -0.3 is 11.1 Å². The van der Waals surface area contributed by atoms with E-state index in [9.17, 15) is 4.79 Å². The van der Waals surface area contributed by atoms with Crippen LogP contribution in [0.25, 0.3) is 0 Å². The van der Waals surface area contributed by atoms with Crippen molar-refractivity contribution < 1.29 is 4.79 Å². The van der Waals surface area contributed by atoms with Gasteiger partial charge in [0.2, 0.25) is 5.91 Å². The Hall–Kier alpha value is -0.610. The minimum atomic E-state index is 0.145. The summed E-state index contributed by atoms with van der Waals surface area (Å²) in [7, 11) is 0. The lowest BCUT2D eigenvalue weighted by molar-refractivity contribution is -0.124. The van der Waals surface area contributed by atoms with Crippen molar-refractivity contribution in [3.05, 3.63) is 0 Å². The molecule has 1 saturated carbocycles. The number of hydrogen-bond donors (Lipinski definition) is 2. The topological polar surface area (TPSA) is 58.4 Å². The van der Waals surface area contributed by atoms with E-state index in [4.69, 9.17) is 5.73 Å². The second-order valence-electron chi connectivity index (χ2n) is 5.99. The predicted molar refractivity (Wildman–Crippen MR) is 75.3 cm³/mol. The molecule has 0 saturated heterocycles. The van der Waals surface area contributed by atoms with Crippen molar-refractivity contribution in [1.29, 1.82) is 0 Å². The van der Waals surface area contributed by atoms with Crippen LogP contribution < -0.4 is 11.1 Å². The molecule has 1 aliphatic carbocycles. The normalized spacial score (nSPS) is 24.2. The molecular weight excluding hydrogens is 226 g/mol. The molecule has 2 unspecified atom stereocenters. The molecule has 0 aromatic rings. The van der Waals surface area contributed by atoms with Gasteiger partial charge in [-0.05, 0) is 47.0 Å². The molecule has 1 fully saturated rings. The average Bonchev–Trinajstić information content (AvgIpc) is 2.69. The van der Waals surface area contributed by atoms with Gasteiger partial charge in [0, 0.05) is 37.1 Å². The molecule has 0 aliphatic heterocycles. The van der Waals surface area contributed by atoms with Crippen LogP contribution in [-0.2, 0) is 4.79 Å². The average molecular weight is 255 g/mol. The summed E-state index contributed by atoms with van der Waals surface area (Å²) in [6, 6.07) is 1.26. The molecule has 0 spiro atoms. The molecule has 3 N–H and O–H groups in total. The second-order valence-corrected chi connectivity index (χ2v) is 5.99. The predicted octanol–water partition coefficient (Wildman–Crippen LogP) is 1.35. The van der Waals surface area contributed by atoms with Crippen molar-refractivity contribution in [2.45, 2.75) is 65.1 Å². The summed E-state index contributed by atoms with van der Waals surface area (Å²) >= 11 is 0. The highest BCUT2D eigenvalue weighted by atomic mass is 16.1. The molecule has 106 valence electrons. The van der Waals surface area contributed by atoms with E-state index in [1.54, 1.807) is 0 Å². The molecule has 4 nitrogen and oxygen atoms in total. The first kappa shape index (κ1) is 15.4. The molecule has 0 heterocycles. The van der Waals surface area contributed by atoms with Crippen LogP contribution in [-0.4, -0.2) is 42.0 Å². The maximum absolute atomic E-state index is 11.9. The number of hydrogen-bond acceptors (Lipinski definition) is 3. The van der Waals surface area contributed by atoms with Gasteiger partial charge in [0.1, 0.15) is 0 Å². The van der Waals surface area contributed by atoms with E-state index in [1.807, 2.05) is 0 Å². The van der Waals surface area contributed by atoms with Crippen LogP contribution in [0.1, 0.15) is 47.0 Å². The van der Waals surface area contributed by atoms with Crippen LogP contribution in [0.5, 0.6) is 0 Å². The molecule has 4 heteroatoms. The lowest BCUT2D eigenvalue weighted by Gasteiger charge is -2.30. The van der Waals surface area contributed by atoms with Gasteiger partial charge in [-0.25, -0.2) is 0 Å². The van der Waals surface area contributed by atoms with Crippen molar-refractivity contribution in [2.75, 3.05) is 13.1 Å². The number of nitrogens with zero attached hydrogens (tertiary/aromatic N) is 1. The number of carbonyl (C=O) groups excluding carboxylic acids is 1. The third kappa shape index (κ3) is 4.58. The Bertz CT molecular complexity index is 258. The van der Waals surface area contributed by atoms with E-state index in [0.717, 1.165) is 32.4 Å². The molecule has 0 bridgehead atoms. The minimum absolute atomic E-state index is 0.145. The van der Waals surface area contributed by atoms with E-state index in [2.05, 4.69) is 37.9 Å². The van der Waals surface area contributed by atoms with Gasteiger partial charge in [-0.1, -0.05) is 0 Å². The first-order valence-electron chi connectivity index (χ1n) is 7.20. The summed E-state index contributed by atoms with van der Waals surface area (Å²) < 4.78 is 0. The Balaban J connectivity index is 2.26. The van der Waals surface area contributed by atoms with Crippen LogP contribution in [0, 0.1) is 5.92 Å². The fraction of sp³-hybridized carbons (Fsp3) is 0.929. The monoisotopic (exact) mass is 255 g/mol. The fourth-order valence-electron chi connectivity index (χ4n) is 2.82. The number of nitrogens with one attached hydrogen (secondary N) is 1. The summed E-state index contributed by atoms with van der Waals surface area (Å²) in [6.07, 6.45) is 2.79. The highest BCUT2D eigenvalue weighted by Gasteiger charge is 2.27. The van der Waals surface area contributed by atoms with Gasteiger partial charge >= 0.3 is 0 Å². The van der Waals surface area contributed by atoms with Crippen LogP contribution in [0.4, 0.5) is 0 Å². The quantitative estimate of drug-likeness (QED) is 0.753. The molecule has 0 radical (unpaired) electrons. The maximum Gasteiger partial charge on any atom is 0.223 e. The molecule has 2 atom stereocenters. The Labute approximate surface area is 111 Å². The SMILES string of the molecule is CC(C)N(CCNC(=O)C1CCC(N)C1)C(C)C. The lowest BCUT2D eigenvalue weighted by Crippen LogP contribution is -2.43. The molecule has 0 aromatic heterocycles. The zero-order valence-electron chi connectivity index (χ0n) is 12.3. The zero-order chi connectivity index (χ0) is 13.7. The minimum Gasteiger partial charge on any atom is -0.355 e. The van der Waals surface area contributed by atoms with E-state index in [1.165, 1.54) is 0 Å². The number of amides is 1. The van der Waals surface area contributed by atoms with Gasteiger partial charge in [-0.2, -0.15) is 0 Å². The van der Waals surface area contributed by atoms with Crippen molar-refractivity contribution >= 4 is 5.91 Å². The Morgan fingerprint density at radius 3 is 2.33 bits per heavy atom. The zero-order valence-corrected chi connectivity index (χ0v) is 12.3. The second kappa shape index (κ2) is 7.10. The highest BCUT2D eigenvalue weighted by Crippen LogP contribution is 2.23. The van der Waals surface area contributed by atoms with Crippen molar-refractivity contribution in [3.8, 4) is 0 Å². The summed E-state index contributed by atoms with van der Waals surface area (Å²) in [5, 5.41) is 3.05. The fourth-order valence-corrected chi connectivity index (χ4v) is 2.82. The molecule has 18 heavy (non-hydrogen) atoms.